The summed E-state index contributed by atoms with van der Waals surface area (Å²) in [6.45, 7) is 2.95. The van der Waals surface area contributed by atoms with Gasteiger partial charge in [0.2, 0.25) is 11.7 Å². The van der Waals surface area contributed by atoms with Crippen LogP contribution in [0.3, 0.4) is 0 Å². The highest BCUT2D eigenvalue weighted by molar-refractivity contribution is 8.18. The van der Waals surface area contributed by atoms with Gasteiger partial charge in [-0.25, -0.2) is 0 Å². The van der Waals surface area contributed by atoms with E-state index in [1.807, 2.05) is 0 Å². The van der Waals surface area contributed by atoms with Gasteiger partial charge in [-0.05, 0) is 48.7 Å². The minimum atomic E-state index is -0.795. The van der Waals surface area contributed by atoms with Gasteiger partial charge in [0.25, 0.3) is 16.8 Å². The number of carbonyl (C=O) groups excluding carboxylic acids is 3. The van der Waals surface area contributed by atoms with E-state index < -0.39 is 32.4 Å². The number of likely N-dealkylation sites (tertiary alicyclic amines) is 1. The first-order valence-electron chi connectivity index (χ1n) is 11.4. The quantitative estimate of drug-likeness (QED) is 0.286. The highest BCUT2D eigenvalue weighted by Crippen LogP contribution is 2.38. The molecule has 2 fully saturated rings. The van der Waals surface area contributed by atoms with E-state index in [9.17, 15) is 34.6 Å². The molecule has 2 saturated heterocycles. The van der Waals surface area contributed by atoms with Gasteiger partial charge < -0.3 is 9.64 Å². The Kier molecular flexibility index (Phi) is 7.53. The van der Waals surface area contributed by atoms with Crippen LogP contribution in [0.1, 0.15) is 25.3 Å². The number of amides is 3. The maximum Gasteiger partial charge on any atom is 0.318 e. The van der Waals surface area contributed by atoms with Gasteiger partial charge in [0.05, 0.1) is 20.8 Å². The minimum absolute atomic E-state index is 0.0688. The molecule has 0 N–H and O–H groups in total. The molecule has 0 aromatic heterocycles. The molecule has 37 heavy (non-hydrogen) atoms. The zero-order chi connectivity index (χ0) is 26.7. The number of rotatable bonds is 7. The van der Waals surface area contributed by atoms with E-state index in [4.69, 9.17) is 4.74 Å². The Hall–Kier alpha value is -4.26. The summed E-state index contributed by atoms with van der Waals surface area (Å²) in [6, 6.07) is 9.33. The van der Waals surface area contributed by atoms with Crippen molar-refractivity contribution >= 4 is 46.3 Å². The number of ether oxygens (including phenoxy) is 1. The van der Waals surface area contributed by atoms with Crippen molar-refractivity contribution in [3.05, 3.63) is 73.2 Å². The molecular formula is C24H22N4O8S. The van der Waals surface area contributed by atoms with Gasteiger partial charge in [-0.3, -0.25) is 39.5 Å². The second-order valence-electron chi connectivity index (χ2n) is 8.64. The standard InChI is InChI=1S/C24H22N4O8S/c1-15-8-10-25(11-9-15)22(29)14-26-23(30)21(37-24(26)31)12-16-4-2-3-5-19(16)36-20-7-6-17(27(32)33)13-18(20)28(34)35/h2-7,12-13,15H,8-11,14H2,1H3/b21-12+. The van der Waals surface area contributed by atoms with E-state index in [-0.39, 0.29) is 28.9 Å². The molecule has 0 aliphatic carbocycles. The SMILES string of the molecule is CC1CCN(C(=O)CN2C(=O)S/C(=C/c3ccccc3Oc3ccc([N+](=O)[O-])cc3[N+](=O)[O-])C2=O)CC1. The number of hydrogen-bond acceptors (Lipinski definition) is 9. The van der Waals surface area contributed by atoms with Crippen LogP contribution in [-0.4, -0.2) is 56.3 Å². The highest BCUT2D eigenvalue weighted by atomic mass is 32.2. The first-order chi connectivity index (χ1) is 17.6. The molecule has 0 spiro atoms. The van der Waals surface area contributed by atoms with Crippen molar-refractivity contribution < 1.29 is 29.0 Å². The van der Waals surface area contributed by atoms with Crippen molar-refractivity contribution in [2.24, 2.45) is 5.92 Å². The molecule has 2 aromatic rings. The summed E-state index contributed by atoms with van der Waals surface area (Å²) in [7, 11) is 0. The molecule has 2 aliphatic heterocycles. The Morgan fingerprint density at radius 2 is 1.78 bits per heavy atom. The monoisotopic (exact) mass is 526 g/mol. The smallest absolute Gasteiger partial charge is 0.318 e. The van der Waals surface area contributed by atoms with Crippen LogP contribution in [0.4, 0.5) is 16.2 Å². The lowest BCUT2D eigenvalue weighted by Gasteiger charge is -2.31. The highest BCUT2D eigenvalue weighted by Gasteiger charge is 2.37. The molecule has 0 atom stereocenters. The number of thioether (sulfide) groups is 1. The summed E-state index contributed by atoms with van der Waals surface area (Å²) in [6.07, 6.45) is 3.15. The van der Waals surface area contributed by atoms with Crippen LogP contribution >= 0.6 is 11.8 Å². The van der Waals surface area contributed by atoms with Gasteiger partial charge in [-0.2, -0.15) is 0 Å². The number of carbonyl (C=O) groups is 3. The van der Waals surface area contributed by atoms with Gasteiger partial charge in [0, 0.05) is 24.7 Å². The Bertz CT molecular complexity index is 1320. The number of nitro groups is 2. The number of piperidine rings is 1. The molecule has 3 amide bonds. The Morgan fingerprint density at radius 1 is 1.08 bits per heavy atom. The summed E-state index contributed by atoms with van der Waals surface area (Å²) in [5, 5.41) is 21.9. The second kappa shape index (κ2) is 10.8. The van der Waals surface area contributed by atoms with Crippen LogP contribution in [0.25, 0.3) is 6.08 Å². The van der Waals surface area contributed by atoms with E-state index >= 15 is 0 Å². The molecule has 2 aliphatic rings. The van der Waals surface area contributed by atoms with E-state index in [2.05, 4.69) is 6.92 Å². The summed E-state index contributed by atoms with van der Waals surface area (Å²) in [5.41, 5.74) is -0.721. The lowest BCUT2D eigenvalue weighted by Crippen LogP contribution is -2.45. The zero-order valence-electron chi connectivity index (χ0n) is 19.7. The first-order valence-corrected chi connectivity index (χ1v) is 12.2. The van der Waals surface area contributed by atoms with Crippen LogP contribution in [0.2, 0.25) is 0 Å². The van der Waals surface area contributed by atoms with Crippen molar-refractivity contribution in [1.29, 1.82) is 0 Å². The number of benzene rings is 2. The molecule has 2 aromatic carbocycles. The number of imide groups is 1. The largest absolute Gasteiger partial charge is 0.449 e. The maximum atomic E-state index is 13.0. The first kappa shape index (κ1) is 25.8. The van der Waals surface area contributed by atoms with Crippen molar-refractivity contribution in [3.8, 4) is 11.5 Å². The van der Waals surface area contributed by atoms with Crippen molar-refractivity contribution in [3.63, 3.8) is 0 Å². The van der Waals surface area contributed by atoms with Crippen LogP contribution in [0.5, 0.6) is 11.5 Å². The average molecular weight is 527 g/mol. The molecule has 0 unspecified atom stereocenters. The predicted octanol–water partition coefficient (Wildman–Crippen LogP) is 4.59. The molecular weight excluding hydrogens is 504 g/mol. The number of non-ortho nitro benzene ring substituents is 1. The third kappa shape index (κ3) is 5.77. The van der Waals surface area contributed by atoms with Gasteiger partial charge in [-0.15, -0.1) is 0 Å². The third-order valence-corrected chi connectivity index (χ3v) is 6.99. The number of nitrogens with zero attached hydrogens (tertiary/aromatic N) is 4. The van der Waals surface area contributed by atoms with Crippen LogP contribution in [-0.2, 0) is 9.59 Å². The molecule has 12 nitrogen and oxygen atoms in total. The fourth-order valence-corrected chi connectivity index (χ4v) is 4.76. The molecule has 0 saturated carbocycles. The maximum absolute atomic E-state index is 13.0. The summed E-state index contributed by atoms with van der Waals surface area (Å²) in [5.74, 6) is -0.482. The van der Waals surface area contributed by atoms with E-state index in [0.29, 0.717) is 36.3 Å². The van der Waals surface area contributed by atoms with Crippen LogP contribution in [0.15, 0.2) is 47.4 Å². The van der Waals surface area contributed by atoms with Crippen LogP contribution < -0.4 is 4.74 Å². The lowest BCUT2D eigenvalue weighted by molar-refractivity contribution is -0.394. The summed E-state index contributed by atoms with van der Waals surface area (Å²) < 4.78 is 5.70. The van der Waals surface area contributed by atoms with Crippen molar-refractivity contribution in [2.45, 2.75) is 19.8 Å². The fourth-order valence-electron chi connectivity index (χ4n) is 3.93. The Balaban J connectivity index is 1.54. The number of para-hydroxylation sites is 1. The molecule has 192 valence electrons. The third-order valence-electron chi connectivity index (χ3n) is 6.08. The molecule has 2 heterocycles. The molecule has 0 radical (unpaired) electrons. The minimum Gasteiger partial charge on any atom is -0.449 e. The normalized spacial score (nSPS) is 17.4. The van der Waals surface area contributed by atoms with E-state index in [0.717, 1.165) is 35.9 Å². The van der Waals surface area contributed by atoms with Gasteiger partial charge in [0.15, 0.2) is 0 Å². The summed E-state index contributed by atoms with van der Waals surface area (Å²) in [4.78, 5) is 61.7. The number of hydrogen-bond donors (Lipinski definition) is 0. The van der Waals surface area contributed by atoms with Gasteiger partial charge in [0.1, 0.15) is 12.3 Å². The fraction of sp³-hybridized carbons (Fsp3) is 0.292. The molecule has 0 bridgehead atoms. The average Bonchev–Trinajstić information content (AvgIpc) is 3.12. The van der Waals surface area contributed by atoms with Crippen molar-refractivity contribution in [1.82, 2.24) is 9.80 Å². The zero-order valence-corrected chi connectivity index (χ0v) is 20.5. The van der Waals surface area contributed by atoms with Crippen molar-refractivity contribution in [2.75, 3.05) is 19.6 Å². The van der Waals surface area contributed by atoms with Crippen LogP contribution in [0, 0.1) is 26.1 Å². The lowest BCUT2D eigenvalue weighted by atomic mass is 9.99. The van der Waals surface area contributed by atoms with E-state index in [1.165, 1.54) is 12.1 Å². The predicted molar refractivity (Wildman–Crippen MR) is 134 cm³/mol. The second-order valence-corrected chi connectivity index (χ2v) is 9.63. The Labute approximate surface area is 215 Å². The summed E-state index contributed by atoms with van der Waals surface area (Å²) >= 11 is 0.683. The topological polar surface area (TPSA) is 153 Å². The van der Waals surface area contributed by atoms with Gasteiger partial charge >= 0.3 is 5.69 Å². The van der Waals surface area contributed by atoms with Gasteiger partial charge in [-0.1, -0.05) is 25.1 Å². The molecule has 4 rings (SSSR count). The number of nitro benzene ring substituents is 2. The molecule has 13 heteroatoms. The van der Waals surface area contributed by atoms with E-state index in [1.54, 1.807) is 23.1 Å². The Morgan fingerprint density at radius 3 is 2.46 bits per heavy atom.